The molecule has 1 aliphatic carbocycles. The number of ether oxygens (including phenoxy) is 4. The molecule has 8 heteroatoms. The molecule has 8 nitrogen and oxygen atoms in total. The van der Waals surface area contributed by atoms with Gasteiger partial charge in [0.1, 0.15) is 12.2 Å². The van der Waals surface area contributed by atoms with Crippen LogP contribution in [0.2, 0.25) is 0 Å². The summed E-state index contributed by atoms with van der Waals surface area (Å²) in [5, 5.41) is 0. The van der Waals surface area contributed by atoms with Crippen LogP contribution in [0, 0.1) is 0 Å². The summed E-state index contributed by atoms with van der Waals surface area (Å²) >= 11 is 0. The first-order chi connectivity index (χ1) is 9.73. The maximum atomic E-state index is 12.0. The third-order valence-electron chi connectivity index (χ3n) is 3.38. The van der Waals surface area contributed by atoms with Gasteiger partial charge in [-0.2, -0.15) is 0 Å². The van der Waals surface area contributed by atoms with Gasteiger partial charge in [0.15, 0.2) is 6.10 Å². The molecule has 1 aliphatic heterocycles. The number of rotatable bonds is 3. The first-order valence-electron chi connectivity index (χ1n) is 6.48. The first-order valence-corrected chi connectivity index (χ1v) is 6.48. The molecule has 1 saturated heterocycles. The van der Waals surface area contributed by atoms with Crippen LogP contribution in [0.5, 0.6) is 0 Å². The number of carbonyl (C=O) groups excluding carboxylic acids is 4. The van der Waals surface area contributed by atoms with Crippen molar-refractivity contribution < 1.29 is 38.1 Å². The van der Waals surface area contributed by atoms with E-state index in [0.29, 0.717) is 0 Å². The number of esters is 4. The van der Waals surface area contributed by atoms with Crippen molar-refractivity contribution in [2.24, 2.45) is 0 Å². The fraction of sp³-hybridized carbons (Fsp3) is 0.692. The SMILES string of the molecule is CC(=O)OC1C[C@@]2(OC(C)=O)CC(OC2=O)[C@H]1OC(C)=O. The highest BCUT2D eigenvalue weighted by Crippen LogP contribution is 2.43. The molecule has 0 aromatic heterocycles. The Labute approximate surface area is 120 Å². The largest absolute Gasteiger partial charge is 0.458 e. The maximum Gasteiger partial charge on any atom is 0.351 e. The number of hydrogen-bond donors (Lipinski definition) is 0. The molecule has 0 spiro atoms. The van der Waals surface area contributed by atoms with E-state index >= 15 is 0 Å². The predicted octanol–water partition coefficient (Wildman–Crippen LogP) is -0.129. The van der Waals surface area contributed by atoms with E-state index in [0.717, 1.165) is 0 Å². The predicted molar refractivity (Wildman–Crippen MR) is 64.7 cm³/mol. The van der Waals surface area contributed by atoms with E-state index in [2.05, 4.69) is 0 Å². The fourth-order valence-corrected chi connectivity index (χ4v) is 2.79. The van der Waals surface area contributed by atoms with E-state index in [-0.39, 0.29) is 12.8 Å². The van der Waals surface area contributed by atoms with Gasteiger partial charge in [-0.05, 0) is 0 Å². The summed E-state index contributed by atoms with van der Waals surface area (Å²) in [6.45, 7) is 3.58. The van der Waals surface area contributed by atoms with Gasteiger partial charge in [0.2, 0.25) is 5.60 Å². The van der Waals surface area contributed by atoms with Crippen LogP contribution in [-0.2, 0) is 38.1 Å². The van der Waals surface area contributed by atoms with Gasteiger partial charge in [0.05, 0.1) is 0 Å². The first kappa shape index (κ1) is 15.3. The lowest BCUT2D eigenvalue weighted by Crippen LogP contribution is -2.53. The van der Waals surface area contributed by atoms with Crippen LogP contribution in [0.4, 0.5) is 0 Å². The molecule has 21 heavy (non-hydrogen) atoms. The molecule has 2 aliphatic rings. The van der Waals surface area contributed by atoms with E-state index in [1.807, 2.05) is 0 Å². The van der Waals surface area contributed by atoms with Crippen molar-refractivity contribution in [1.29, 1.82) is 0 Å². The standard InChI is InChI=1S/C13H16O8/c1-6(14)18-9-4-13(21-8(3)16)5-10(20-12(13)17)11(9)19-7(2)15/h9-11H,4-5H2,1-3H3/t9?,10?,11-,13+/m0/s1. The van der Waals surface area contributed by atoms with Crippen LogP contribution in [0.15, 0.2) is 0 Å². The topological polar surface area (TPSA) is 105 Å². The van der Waals surface area contributed by atoms with Crippen molar-refractivity contribution in [3.05, 3.63) is 0 Å². The average molecular weight is 300 g/mol. The van der Waals surface area contributed by atoms with Crippen LogP contribution in [0.3, 0.4) is 0 Å². The molecule has 0 N–H and O–H groups in total. The Morgan fingerprint density at radius 1 is 1.05 bits per heavy atom. The molecule has 0 aromatic carbocycles. The summed E-state index contributed by atoms with van der Waals surface area (Å²) in [4.78, 5) is 45.6. The minimum Gasteiger partial charge on any atom is -0.458 e. The highest BCUT2D eigenvalue weighted by Gasteiger charge is 2.63. The number of fused-ring (bicyclic) bond motifs is 2. The average Bonchev–Trinajstić information content (AvgIpc) is 2.56. The Kier molecular flexibility index (Phi) is 3.89. The third-order valence-corrected chi connectivity index (χ3v) is 3.38. The molecule has 4 atom stereocenters. The summed E-state index contributed by atoms with van der Waals surface area (Å²) in [7, 11) is 0. The second-order valence-electron chi connectivity index (χ2n) is 5.16. The summed E-state index contributed by atoms with van der Waals surface area (Å²) in [6.07, 6.45) is -2.64. The second kappa shape index (κ2) is 5.34. The van der Waals surface area contributed by atoms with Crippen molar-refractivity contribution in [1.82, 2.24) is 0 Å². The summed E-state index contributed by atoms with van der Waals surface area (Å²) in [6, 6.07) is 0. The van der Waals surface area contributed by atoms with Gasteiger partial charge in [-0.1, -0.05) is 0 Å². The maximum absolute atomic E-state index is 12.0. The lowest BCUT2D eigenvalue weighted by molar-refractivity contribution is -0.187. The summed E-state index contributed by atoms with van der Waals surface area (Å²) < 4.78 is 20.4. The number of carbonyl (C=O) groups is 4. The van der Waals surface area contributed by atoms with E-state index in [1.54, 1.807) is 0 Å². The van der Waals surface area contributed by atoms with E-state index < -0.39 is 47.8 Å². The summed E-state index contributed by atoms with van der Waals surface area (Å²) in [5.41, 5.74) is -1.48. The zero-order chi connectivity index (χ0) is 15.8. The quantitative estimate of drug-likeness (QED) is 0.524. The molecule has 0 aromatic rings. The molecule has 2 bridgehead atoms. The van der Waals surface area contributed by atoms with Gasteiger partial charge in [-0.3, -0.25) is 14.4 Å². The molecule has 2 rings (SSSR count). The smallest absolute Gasteiger partial charge is 0.351 e. The highest BCUT2D eigenvalue weighted by molar-refractivity contribution is 5.85. The van der Waals surface area contributed by atoms with Gasteiger partial charge < -0.3 is 18.9 Å². The summed E-state index contributed by atoms with van der Waals surface area (Å²) in [5.74, 6) is -2.53. The lowest BCUT2D eigenvalue weighted by Gasteiger charge is -2.36. The van der Waals surface area contributed by atoms with Crippen LogP contribution in [0.25, 0.3) is 0 Å². The van der Waals surface area contributed by atoms with Crippen LogP contribution >= 0.6 is 0 Å². The molecular weight excluding hydrogens is 284 g/mol. The van der Waals surface area contributed by atoms with Gasteiger partial charge >= 0.3 is 23.9 Å². The molecule has 0 amide bonds. The van der Waals surface area contributed by atoms with Gasteiger partial charge in [-0.25, -0.2) is 4.79 Å². The van der Waals surface area contributed by atoms with Crippen LogP contribution in [-0.4, -0.2) is 47.8 Å². The molecule has 0 radical (unpaired) electrons. The van der Waals surface area contributed by atoms with Crippen LogP contribution < -0.4 is 0 Å². The van der Waals surface area contributed by atoms with Crippen molar-refractivity contribution in [3.63, 3.8) is 0 Å². The lowest BCUT2D eigenvalue weighted by atomic mass is 9.81. The fourth-order valence-electron chi connectivity index (χ4n) is 2.79. The highest BCUT2D eigenvalue weighted by atomic mass is 16.6. The number of hydrogen-bond acceptors (Lipinski definition) is 8. The normalized spacial score (nSPS) is 33.9. The zero-order valence-corrected chi connectivity index (χ0v) is 11.9. The Hall–Kier alpha value is -2.12. The van der Waals surface area contributed by atoms with E-state index in [1.165, 1.54) is 20.8 Å². The van der Waals surface area contributed by atoms with Crippen LogP contribution in [0.1, 0.15) is 33.6 Å². The van der Waals surface area contributed by atoms with Crippen molar-refractivity contribution in [2.45, 2.75) is 57.5 Å². The monoisotopic (exact) mass is 300 g/mol. The minimum absolute atomic E-state index is 0.0706. The van der Waals surface area contributed by atoms with Crippen molar-refractivity contribution in [2.75, 3.05) is 0 Å². The molecular formula is C13H16O8. The molecule has 2 unspecified atom stereocenters. The Morgan fingerprint density at radius 3 is 2.19 bits per heavy atom. The Bertz CT molecular complexity index is 498. The van der Waals surface area contributed by atoms with E-state index in [9.17, 15) is 19.2 Å². The molecule has 1 saturated carbocycles. The van der Waals surface area contributed by atoms with Gasteiger partial charge in [0.25, 0.3) is 0 Å². The Balaban J connectivity index is 2.28. The van der Waals surface area contributed by atoms with Gasteiger partial charge in [0, 0.05) is 33.6 Å². The third kappa shape index (κ3) is 2.98. The van der Waals surface area contributed by atoms with Gasteiger partial charge in [-0.15, -0.1) is 0 Å². The Morgan fingerprint density at radius 2 is 1.67 bits per heavy atom. The molecule has 1 heterocycles. The van der Waals surface area contributed by atoms with Crippen molar-refractivity contribution in [3.8, 4) is 0 Å². The molecule has 2 fully saturated rings. The zero-order valence-electron chi connectivity index (χ0n) is 11.9. The van der Waals surface area contributed by atoms with E-state index in [4.69, 9.17) is 18.9 Å². The van der Waals surface area contributed by atoms with Crippen molar-refractivity contribution >= 4 is 23.9 Å². The minimum atomic E-state index is -1.48. The second-order valence-corrected chi connectivity index (χ2v) is 5.16. The molecule has 116 valence electrons.